The lowest BCUT2D eigenvalue weighted by Gasteiger charge is -2.48. The van der Waals surface area contributed by atoms with Crippen LogP contribution in [0.4, 0.5) is 5.82 Å². The van der Waals surface area contributed by atoms with Crippen molar-refractivity contribution in [3.05, 3.63) is 23.9 Å². The first-order valence-electron chi connectivity index (χ1n) is 9.52. The molecule has 0 unspecified atom stereocenters. The monoisotopic (exact) mass is 359 g/mol. The largest absolute Gasteiger partial charge is 0.385 e. The van der Waals surface area contributed by atoms with Gasteiger partial charge in [0.25, 0.3) is 0 Å². The van der Waals surface area contributed by atoms with Crippen molar-refractivity contribution in [2.24, 2.45) is 5.41 Å². The van der Waals surface area contributed by atoms with E-state index in [1.165, 1.54) is 0 Å². The zero-order chi connectivity index (χ0) is 18.6. The maximum atomic E-state index is 12.3. The third kappa shape index (κ3) is 4.23. The number of carbonyl (C=O) groups is 2. The number of carbonyl (C=O) groups excluding carboxylic acids is 2. The topological polar surface area (TPSA) is 62.7 Å². The summed E-state index contributed by atoms with van der Waals surface area (Å²) in [4.78, 5) is 32.6. The minimum absolute atomic E-state index is 0.0386. The molecule has 6 heteroatoms. The summed E-state index contributed by atoms with van der Waals surface area (Å²) in [6.45, 7) is 5.76. The zero-order valence-corrected chi connectivity index (χ0v) is 15.9. The third-order valence-electron chi connectivity index (χ3n) is 5.66. The van der Waals surface area contributed by atoms with Gasteiger partial charge in [-0.2, -0.15) is 0 Å². The molecule has 1 amide bonds. The highest BCUT2D eigenvalue weighted by atomic mass is 16.5. The molecule has 26 heavy (non-hydrogen) atoms. The second-order valence-electron chi connectivity index (χ2n) is 7.65. The van der Waals surface area contributed by atoms with Gasteiger partial charge in [-0.25, -0.2) is 4.98 Å². The molecule has 0 saturated carbocycles. The Morgan fingerprint density at radius 3 is 2.85 bits per heavy atom. The molecule has 2 fully saturated rings. The summed E-state index contributed by atoms with van der Waals surface area (Å²) in [5, 5.41) is 0. The Balaban J connectivity index is 1.68. The van der Waals surface area contributed by atoms with Gasteiger partial charge in [0.15, 0.2) is 5.78 Å². The Kier molecular flexibility index (Phi) is 5.91. The molecule has 2 aliphatic rings. The molecular weight excluding hydrogens is 330 g/mol. The lowest BCUT2D eigenvalue weighted by Crippen LogP contribution is -2.54. The average molecular weight is 359 g/mol. The van der Waals surface area contributed by atoms with Crippen LogP contribution in [-0.2, 0) is 9.53 Å². The van der Waals surface area contributed by atoms with Crippen LogP contribution in [0.2, 0.25) is 0 Å². The van der Waals surface area contributed by atoms with Crippen LogP contribution >= 0.6 is 0 Å². The molecular formula is C20H29N3O3. The van der Waals surface area contributed by atoms with Gasteiger partial charge in [0.1, 0.15) is 5.82 Å². The summed E-state index contributed by atoms with van der Waals surface area (Å²) in [6, 6.07) is 3.80. The third-order valence-corrected chi connectivity index (χ3v) is 5.66. The Morgan fingerprint density at radius 2 is 2.15 bits per heavy atom. The highest BCUT2D eigenvalue weighted by Crippen LogP contribution is 2.39. The van der Waals surface area contributed by atoms with Crippen molar-refractivity contribution in [1.29, 1.82) is 0 Å². The number of anilines is 1. The van der Waals surface area contributed by atoms with Crippen LogP contribution in [0.1, 0.15) is 49.4 Å². The number of pyridine rings is 1. The lowest BCUT2D eigenvalue weighted by molar-refractivity contribution is -0.138. The van der Waals surface area contributed by atoms with Gasteiger partial charge in [0.05, 0.1) is 0 Å². The van der Waals surface area contributed by atoms with Crippen molar-refractivity contribution in [2.75, 3.05) is 44.8 Å². The molecule has 3 rings (SSSR count). The minimum Gasteiger partial charge on any atom is -0.385 e. The SMILES string of the molecule is COCCCN1C[C@]2(CCCN(c3ccc(C(C)=O)cn3)C2)CCC1=O. The number of nitrogens with zero attached hydrogens (tertiary/aromatic N) is 3. The van der Waals surface area contributed by atoms with Crippen LogP contribution in [0.3, 0.4) is 0 Å². The summed E-state index contributed by atoms with van der Waals surface area (Å²) in [7, 11) is 1.70. The maximum absolute atomic E-state index is 12.3. The summed E-state index contributed by atoms with van der Waals surface area (Å²) in [6.07, 6.45) is 6.40. The van der Waals surface area contributed by atoms with Gasteiger partial charge in [-0.15, -0.1) is 0 Å². The van der Waals surface area contributed by atoms with Crippen LogP contribution in [0.25, 0.3) is 0 Å². The molecule has 142 valence electrons. The Labute approximate surface area is 155 Å². The van der Waals surface area contributed by atoms with E-state index >= 15 is 0 Å². The second kappa shape index (κ2) is 8.16. The molecule has 1 atom stereocenters. The van der Waals surface area contributed by atoms with Gasteiger partial charge in [-0.3, -0.25) is 9.59 Å². The number of piperidine rings is 2. The van der Waals surface area contributed by atoms with Crippen LogP contribution in [-0.4, -0.2) is 61.5 Å². The zero-order valence-electron chi connectivity index (χ0n) is 15.9. The summed E-state index contributed by atoms with van der Waals surface area (Å²) < 4.78 is 5.13. The number of hydrogen-bond acceptors (Lipinski definition) is 5. The van der Waals surface area contributed by atoms with Gasteiger partial charge in [0, 0.05) is 63.5 Å². The molecule has 1 aromatic rings. The van der Waals surface area contributed by atoms with E-state index in [-0.39, 0.29) is 17.1 Å². The summed E-state index contributed by atoms with van der Waals surface area (Å²) >= 11 is 0. The first kappa shape index (κ1) is 18.8. The number of Topliss-reactive ketones (excluding diaryl/α,β-unsaturated/α-hetero) is 1. The summed E-state index contributed by atoms with van der Waals surface area (Å²) in [5.74, 6) is 1.24. The molecule has 1 spiro atoms. The van der Waals surface area contributed by atoms with Crippen molar-refractivity contribution in [3.8, 4) is 0 Å². The van der Waals surface area contributed by atoms with E-state index in [4.69, 9.17) is 4.74 Å². The molecule has 1 aromatic heterocycles. The molecule has 0 aliphatic carbocycles. The standard InChI is InChI=1S/C20H29N3O3/c1-16(24)17-5-6-18(21-13-17)22-10-3-8-20(14-22)9-7-19(25)23(15-20)11-4-12-26-2/h5-6,13H,3-4,7-12,14-15H2,1-2H3/t20-/m1/s1. The number of likely N-dealkylation sites (tertiary alicyclic amines) is 1. The van der Waals surface area contributed by atoms with E-state index in [9.17, 15) is 9.59 Å². The number of aromatic nitrogens is 1. The minimum atomic E-state index is 0.0386. The molecule has 0 bridgehead atoms. The quantitative estimate of drug-likeness (QED) is 0.577. The number of hydrogen-bond donors (Lipinski definition) is 0. The van der Waals surface area contributed by atoms with E-state index in [2.05, 4.69) is 9.88 Å². The van der Waals surface area contributed by atoms with Crippen molar-refractivity contribution >= 4 is 17.5 Å². The number of ketones is 1. The van der Waals surface area contributed by atoms with Crippen molar-refractivity contribution in [2.45, 2.75) is 39.0 Å². The molecule has 2 aliphatic heterocycles. The highest BCUT2D eigenvalue weighted by molar-refractivity contribution is 5.93. The van der Waals surface area contributed by atoms with E-state index in [1.807, 2.05) is 17.0 Å². The van der Waals surface area contributed by atoms with E-state index < -0.39 is 0 Å². The molecule has 6 nitrogen and oxygen atoms in total. The fourth-order valence-electron chi connectivity index (χ4n) is 4.22. The van der Waals surface area contributed by atoms with E-state index in [0.29, 0.717) is 18.6 Å². The number of methoxy groups -OCH3 is 1. The van der Waals surface area contributed by atoms with Crippen LogP contribution in [0.5, 0.6) is 0 Å². The molecule has 0 N–H and O–H groups in total. The first-order chi connectivity index (χ1) is 12.5. The van der Waals surface area contributed by atoms with E-state index in [1.54, 1.807) is 20.2 Å². The maximum Gasteiger partial charge on any atom is 0.222 e. The fraction of sp³-hybridized carbons (Fsp3) is 0.650. The molecule has 3 heterocycles. The van der Waals surface area contributed by atoms with Crippen LogP contribution in [0.15, 0.2) is 18.3 Å². The first-order valence-corrected chi connectivity index (χ1v) is 9.52. The average Bonchev–Trinajstić information content (AvgIpc) is 2.65. The Morgan fingerprint density at radius 1 is 1.31 bits per heavy atom. The highest BCUT2D eigenvalue weighted by Gasteiger charge is 2.41. The van der Waals surface area contributed by atoms with Crippen LogP contribution in [0, 0.1) is 5.41 Å². The summed E-state index contributed by atoms with van der Waals surface area (Å²) in [5.41, 5.74) is 0.799. The van der Waals surface area contributed by atoms with Crippen molar-refractivity contribution in [3.63, 3.8) is 0 Å². The van der Waals surface area contributed by atoms with E-state index in [0.717, 1.165) is 57.7 Å². The van der Waals surface area contributed by atoms with Gasteiger partial charge >= 0.3 is 0 Å². The van der Waals surface area contributed by atoms with Gasteiger partial charge in [0.2, 0.25) is 5.91 Å². The number of ether oxygens (including phenoxy) is 1. The van der Waals surface area contributed by atoms with Gasteiger partial charge in [-0.1, -0.05) is 0 Å². The Bertz CT molecular complexity index is 646. The van der Waals surface area contributed by atoms with Gasteiger partial charge in [-0.05, 0) is 44.7 Å². The Hall–Kier alpha value is -1.95. The predicted octanol–water partition coefficient (Wildman–Crippen LogP) is 2.53. The number of rotatable bonds is 6. The fourth-order valence-corrected chi connectivity index (χ4v) is 4.22. The normalized spacial score (nSPS) is 23.5. The van der Waals surface area contributed by atoms with Crippen LogP contribution < -0.4 is 4.90 Å². The predicted molar refractivity (Wildman–Crippen MR) is 100 cm³/mol. The van der Waals surface area contributed by atoms with Gasteiger partial charge < -0.3 is 14.5 Å². The van der Waals surface area contributed by atoms with Crippen molar-refractivity contribution in [1.82, 2.24) is 9.88 Å². The molecule has 0 radical (unpaired) electrons. The molecule has 2 saturated heterocycles. The second-order valence-corrected chi connectivity index (χ2v) is 7.65. The smallest absolute Gasteiger partial charge is 0.222 e. The van der Waals surface area contributed by atoms with Crippen molar-refractivity contribution < 1.29 is 14.3 Å². The lowest BCUT2D eigenvalue weighted by atomic mass is 9.73. The molecule has 0 aromatic carbocycles. The number of amides is 1.